The molecule has 3 nitrogen and oxygen atoms in total. The van der Waals surface area contributed by atoms with E-state index in [4.69, 9.17) is 4.74 Å². The molecule has 1 unspecified atom stereocenters. The lowest BCUT2D eigenvalue weighted by molar-refractivity contribution is -0.157. The van der Waals surface area contributed by atoms with Crippen LogP contribution in [0.5, 0.6) is 0 Å². The SMILES string of the molecule is CCC(CC)CCC(O)C(=O)OC(C)C. The van der Waals surface area contributed by atoms with Crippen molar-refractivity contribution in [2.75, 3.05) is 0 Å². The number of carbonyl (C=O) groups excluding carboxylic acids is 1. The number of ether oxygens (including phenoxy) is 1. The Morgan fingerprint density at radius 1 is 1.20 bits per heavy atom. The third-order valence-electron chi connectivity index (χ3n) is 2.63. The van der Waals surface area contributed by atoms with Crippen molar-refractivity contribution in [3.8, 4) is 0 Å². The third-order valence-corrected chi connectivity index (χ3v) is 2.63. The molecule has 0 aliphatic heterocycles. The first kappa shape index (κ1) is 14.4. The first-order valence-electron chi connectivity index (χ1n) is 5.89. The van der Waals surface area contributed by atoms with Gasteiger partial charge < -0.3 is 9.84 Å². The van der Waals surface area contributed by atoms with Gasteiger partial charge in [0.1, 0.15) is 0 Å². The molecule has 0 aromatic carbocycles. The largest absolute Gasteiger partial charge is 0.461 e. The molecule has 0 fully saturated rings. The maximum atomic E-state index is 11.3. The quantitative estimate of drug-likeness (QED) is 0.665. The third kappa shape index (κ3) is 6.50. The van der Waals surface area contributed by atoms with Crippen LogP contribution in [0.4, 0.5) is 0 Å². The van der Waals surface area contributed by atoms with E-state index in [9.17, 15) is 9.90 Å². The van der Waals surface area contributed by atoms with E-state index in [1.54, 1.807) is 13.8 Å². The van der Waals surface area contributed by atoms with E-state index in [0.29, 0.717) is 12.3 Å². The minimum absolute atomic E-state index is 0.153. The lowest BCUT2D eigenvalue weighted by atomic mass is 9.96. The topological polar surface area (TPSA) is 46.5 Å². The highest BCUT2D eigenvalue weighted by molar-refractivity contribution is 5.74. The van der Waals surface area contributed by atoms with E-state index in [1.807, 2.05) is 0 Å². The first-order valence-corrected chi connectivity index (χ1v) is 5.89. The summed E-state index contributed by atoms with van der Waals surface area (Å²) in [6.45, 7) is 7.83. The van der Waals surface area contributed by atoms with E-state index in [0.717, 1.165) is 19.3 Å². The molecule has 0 aromatic heterocycles. The maximum Gasteiger partial charge on any atom is 0.335 e. The molecule has 1 N–H and O–H groups in total. The van der Waals surface area contributed by atoms with Crippen LogP contribution in [-0.2, 0) is 9.53 Å². The predicted molar refractivity (Wildman–Crippen MR) is 60.5 cm³/mol. The van der Waals surface area contributed by atoms with Gasteiger partial charge in [-0.25, -0.2) is 4.79 Å². The second-order valence-corrected chi connectivity index (χ2v) is 4.26. The van der Waals surface area contributed by atoms with Crippen LogP contribution in [-0.4, -0.2) is 23.3 Å². The molecule has 0 aromatic rings. The fraction of sp³-hybridized carbons (Fsp3) is 0.917. The predicted octanol–water partition coefficient (Wildman–Crippen LogP) is 2.52. The van der Waals surface area contributed by atoms with Gasteiger partial charge >= 0.3 is 5.97 Å². The molecule has 90 valence electrons. The van der Waals surface area contributed by atoms with Gasteiger partial charge in [0, 0.05) is 0 Å². The lowest BCUT2D eigenvalue weighted by Gasteiger charge is -2.16. The molecule has 0 saturated carbocycles. The molecule has 3 heteroatoms. The van der Waals surface area contributed by atoms with Crippen molar-refractivity contribution in [3.05, 3.63) is 0 Å². The summed E-state index contributed by atoms with van der Waals surface area (Å²) < 4.78 is 4.92. The molecule has 15 heavy (non-hydrogen) atoms. The molecular formula is C12H24O3. The second kappa shape index (κ2) is 7.69. The van der Waals surface area contributed by atoms with E-state index in [1.165, 1.54) is 0 Å². The Morgan fingerprint density at radius 2 is 1.73 bits per heavy atom. The summed E-state index contributed by atoms with van der Waals surface area (Å²) in [4.78, 5) is 11.3. The van der Waals surface area contributed by atoms with Crippen LogP contribution in [0.2, 0.25) is 0 Å². The molecule has 0 radical (unpaired) electrons. The van der Waals surface area contributed by atoms with Crippen LogP contribution in [0.15, 0.2) is 0 Å². The summed E-state index contributed by atoms with van der Waals surface area (Å²) >= 11 is 0. The van der Waals surface area contributed by atoms with Crippen LogP contribution in [0.1, 0.15) is 53.4 Å². The zero-order valence-corrected chi connectivity index (χ0v) is 10.3. The van der Waals surface area contributed by atoms with Gasteiger partial charge in [-0.05, 0) is 32.6 Å². The molecule has 0 spiro atoms. The van der Waals surface area contributed by atoms with Gasteiger partial charge in [-0.15, -0.1) is 0 Å². The van der Waals surface area contributed by atoms with Crippen molar-refractivity contribution in [2.45, 2.75) is 65.6 Å². The highest BCUT2D eigenvalue weighted by Crippen LogP contribution is 2.16. The van der Waals surface area contributed by atoms with Crippen LogP contribution < -0.4 is 0 Å². The summed E-state index contributed by atoms with van der Waals surface area (Å²) in [5.74, 6) is 0.113. The van der Waals surface area contributed by atoms with Crippen molar-refractivity contribution < 1.29 is 14.6 Å². The van der Waals surface area contributed by atoms with Crippen molar-refractivity contribution >= 4 is 5.97 Å². The monoisotopic (exact) mass is 216 g/mol. The molecular weight excluding hydrogens is 192 g/mol. The lowest BCUT2D eigenvalue weighted by Crippen LogP contribution is -2.26. The minimum atomic E-state index is -0.951. The summed E-state index contributed by atoms with van der Waals surface area (Å²) in [5, 5.41) is 9.53. The van der Waals surface area contributed by atoms with Crippen molar-refractivity contribution in [2.24, 2.45) is 5.92 Å². The van der Waals surface area contributed by atoms with Gasteiger partial charge in [-0.2, -0.15) is 0 Å². The number of esters is 1. The Morgan fingerprint density at radius 3 is 2.13 bits per heavy atom. The molecule has 0 amide bonds. The minimum Gasteiger partial charge on any atom is -0.461 e. The Bertz CT molecular complexity index is 174. The number of carbonyl (C=O) groups is 1. The maximum absolute atomic E-state index is 11.3. The molecule has 0 aliphatic carbocycles. The Balaban J connectivity index is 3.81. The van der Waals surface area contributed by atoms with E-state index in [2.05, 4.69) is 13.8 Å². The first-order chi connectivity index (χ1) is 7.01. The fourth-order valence-corrected chi connectivity index (χ4v) is 1.52. The average Bonchev–Trinajstić information content (AvgIpc) is 2.18. The standard InChI is InChI=1S/C12H24O3/c1-5-10(6-2)7-8-11(13)12(14)15-9(3)4/h9-11,13H,5-8H2,1-4H3. The highest BCUT2D eigenvalue weighted by Gasteiger charge is 2.18. The molecule has 0 heterocycles. The van der Waals surface area contributed by atoms with E-state index >= 15 is 0 Å². The Hall–Kier alpha value is -0.570. The molecule has 0 saturated heterocycles. The van der Waals surface area contributed by atoms with Gasteiger partial charge in [0.05, 0.1) is 6.10 Å². The summed E-state index contributed by atoms with van der Waals surface area (Å²) in [6, 6.07) is 0. The molecule has 0 aliphatic rings. The van der Waals surface area contributed by atoms with Crippen LogP contribution in [0, 0.1) is 5.92 Å². The van der Waals surface area contributed by atoms with E-state index in [-0.39, 0.29) is 6.10 Å². The number of aliphatic hydroxyl groups is 1. The van der Waals surface area contributed by atoms with Crippen molar-refractivity contribution in [1.29, 1.82) is 0 Å². The van der Waals surface area contributed by atoms with Gasteiger partial charge in [0.2, 0.25) is 0 Å². The van der Waals surface area contributed by atoms with Crippen LogP contribution in [0.25, 0.3) is 0 Å². The zero-order valence-electron chi connectivity index (χ0n) is 10.3. The average molecular weight is 216 g/mol. The van der Waals surface area contributed by atoms with Gasteiger partial charge in [-0.3, -0.25) is 0 Å². The number of hydrogen-bond donors (Lipinski definition) is 1. The highest BCUT2D eigenvalue weighted by atomic mass is 16.6. The smallest absolute Gasteiger partial charge is 0.335 e. The molecule has 1 atom stereocenters. The number of hydrogen-bond acceptors (Lipinski definition) is 3. The molecule has 0 bridgehead atoms. The van der Waals surface area contributed by atoms with Crippen molar-refractivity contribution in [1.82, 2.24) is 0 Å². The van der Waals surface area contributed by atoms with Gasteiger partial charge in [-0.1, -0.05) is 26.7 Å². The van der Waals surface area contributed by atoms with Gasteiger partial charge in [0.15, 0.2) is 6.10 Å². The van der Waals surface area contributed by atoms with Gasteiger partial charge in [0.25, 0.3) is 0 Å². The molecule has 0 rings (SSSR count). The Labute approximate surface area is 92.8 Å². The van der Waals surface area contributed by atoms with Crippen LogP contribution in [0.3, 0.4) is 0 Å². The summed E-state index contributed by atoms with van der Waals surface area (Å²) in [7, 11) is 0. The fourth-order valence-electron chi connectivity index (χ4n) is 1.52. The van der Waals surface area contributed by atoms with Crippen LogP contribution >= 0.6 is 0 Å². The Kier molecular flexibility index (Phi) is 7.39. The summed E-state index contributed by atoms with van der Waals surface area (Å²) in [5.41, 5.74) is 0. The zero-order chi connectivity index (χ0) is 11.8. The van der Waals surface area contributed by atoms with E-state index < -0.39 is 12.1 Å². The normalized spacial score (nSPS) is 13.3. The summed E-state index contributed by atoms with van der Waals surface area (Å²) in [6.07, 6.45) is 2.50. The second-order valence-electron chi connectivity index (χ2n) is 4.26. The number of aliphatic hydroxyl groups excluding tert-OH is 1. The number of rotatable bonds is 7. The van der Waals surface area contributed by atoms with Crippen molar-refractivity contribution in [3.63, 3.8) is 0 Å².